The van der Waals surface area contributed by atoms with Crippen LogP contribution in [0, 0.1) is 6.92 Å². The maximum absolute atomic E-state index is 5.74. The summed E-state index contributed by atoms with van der Waals surface area (Å²) in [7, 11) is 1.68. The van der Waals surface area contributed by atoms with E-state index in [2.05, 4.69) is 31.4 Å². The van der Waals surface area contributed by atoms with E-state index in [4.69, 9.17) is 9.47 Å². The van der Waals surface area contributed by atoms with Gasteiger partial charge in [0.25, 0.3) is 5.19 Å². The zero-order chi connectivity index (χ0) is 14.4. The molecule has 0 aliphatic rings. The van der Waals surface area contributed by atoms with Crippen LogP contribution in [0.5, 0.6) is 10.9 Å². The van der Waals surface area contributed by atoms with E-state index in [0.29, 0.717) is 18.3 Å². The number of aryl methyl sites for hydroxylation is 1. The topological polar surface area (TPSA) is 56.3 Å². The number of aromatic nitrogens is 2. The lowest BCUT2D eigenvalue weighted by Gasteiger charge is -2.04. The summed E-state index contributed by atoms with van der Waals surface area (Å²) in [6, 6.07) is 5.86. The van der Waals surface area contributed by atoms with Crippen LogP contribution < -0.4 is 10.1 Å². The summed E-state index contributed by atoms with van der Waals surface area (Å²) in [6.45, 7) is 4.14. The quantitative estimate of drug-likeness (QED) is 0.771. The Morgan fingerprint density at radius 1 is 1.35 bits per heavy atom. The average molecular weight is 358 g/mol. The highest BCUT2D eigenvalue weighted by atomic mass is 79.9. The number of ether oxygens (including phenoxy) is 2. The second-order valence-electron chi connectivity index (χ2n) is 4.14. The largest absolute Gasteiger partial charge is 0.430 e. The molecule has 0 spiro atoms. The highest BCUT2D eigenvalue weighted by Crippen LogP contribution is 2.29. The normalized spacial score (nSPS) is 10.8. The van der Waals surface area contributed by atoms with Crippen LogP contribution in [-0.4, -0.2) is 30.5 Å². The molecule has 0 radical (unpaired) electrons. The lowest BCUT2D eigenvalue weighted by atomic mass is 10.2. The molecule has 7 heteroatoms. The van der Waals surface area contributed by atoms with Gasteiger partial charge >= 0.3 is 0 Å². The predicted molar refractivity (Wildman–Crippen MR) is 82.4 cm³/mol. The molecular weight excluding hydrogens is 342 g/mol. The molecule has 1 aromatic heterocycles. The zero-order valence-corrected chi connectivity index (χ0v) is 13.8. The van der Waals surface area contributed by atoms with Gasteiger partial charge in [0.15, 0.2) is 0 Å². The van der Waals surface area contributed by atoms with Gasteiger partial charge < -0.3 is 14.8 Å². The predicted octanol–water partition coefficient (Wildman–Crippen LogP) is 3.14. The summed E-state index contributed by atoms with van der Waals surface area (Å²) in [4.78, 5) is 0. The van der Waals surface area contributed by atoms with Crippen molar-refractivity contribution in [2.24, 2.45) is 0 Å². The first-order valence-corrected chi connectivity index (χ1v) is 7.76. The molecule has 0 saturated carbocycles. The highest BCUT2D eigenvalue weighted by Gasteiger charge is 2.08. The van der Waals surface area contributed by atoms with Gasteiger partial charge in [-0.15, -0.1) is 5.10 Å². The Balaban J connectivity index is 1.92. The van der Waals surface area contributed by atoms with Crippen molar-refractivity contribution in [2.45, 2.75) is 13.5 Å². The van der Waals surface area contributed by atoms with Gasteiger partial charge in [-0.25, -0.2) is 0 Å². The molecule has 0 atom stereocenters. The third-order valence-corrected chi connectivity index (χ3v) is 3.84. The first-order valence-electron chi connectivity index (χ1n) is 6.15. The third-order valence-electron chi connectivity index (χ3n) is 2.54. The Kier molecular flexibility index (Phi) is 5.90. The lowest BCUT2D eigenvalue weighted by Crippen LogP contribution is -2.18. The zero-order valence-electron chi connectivity index (χ0n) is 11.4. The number of methoxy groups -OCH3 is 1. The van der Waals surface area contributed by atoms with Crippen molar-refractivity contribution in [3.05, 3.63) is 33.2 Å². The fourth-order valence-electron chi connectivity index (χ4n) is 1.54. The van der Waals surface area contributed by atoms with Gasteiger partial charge in [0, 0.05) is 24.7 Å². The number of halogens is 1. The van der Waals surface area contributed by atoms with E-state index in [1.807, 2.05) is 25.1 Å². The van der Waals surface area contributed by atoms with Crippen molar-refractivity contribution in [3.8, 4) is 10.9 Å². The van der Waals surface area contributed by atoms with E-state index in [1.165, 1.54) is 11.3 Å². The van der Waals surface area contributed by atoms with Crippen molar-refractivity contribution < 1.29 is 9.47 Å². The first-order chi connectivity index (χ1) is 9.69. The standard InChI is InChI=1S/C13H16BrN3O2S/c1-9-7-10(14)3-4-11(9)19-13-17-16-12(20-13)8-15-5-6-18-2/h3-4,7,15H,5-6,8H2,1-2H3. The van der Waals surface area contributed by atoms with Crippen molar-refractivity contribution >= 4 is 27.3 Å². The molecule has 1 heterocycles. The van der Waals surface area contributed by atoms with Crippen LogP contribution in [0.3, 0.4) is 0 Å². The van der Waals surface area contributed by atoms with Gasteiger partial charge in [-0.1, -0.05) is 32.4 Å². The van der Waals surface area contributed by atoms with Crippen LogP contribution >= 0.6 is 27.3 Å². The second-order valence-corrected chi connectivity index (χ2v) is 6.08. The monoisotopic (exact) mass is 357 g/mol. The van der Waals surface area contributed by atoms with Gasteiger partial charge in [0.1, 0.15) is 10.8 Å². The maximum Gasteiger partial charge on any atom is 0.299 e. The summed E-state index contributed by atoms with van der Waals surface area (Å²) < 4.78 is 11.7. The van der Waals surface area contributed by atoms with E-state index in [0.717, 1.165) is 27.3 Å². The Labute approximate surface area is 130 Å². The summed E-state index contributed by atoms with van der Waals surface area (Å²) in [5.74, 6) is 0.795. The molecule has 0 aliphatic heterocycles. The number of hydrogen-bond donors (Lipinski definition) is 1. The third kappa shape index (κ3) is 4.52. The minimum atomic E-state index is 0.555. The molecular formula is C13H16BrN3O2S. The second kappa shape index (κ2) is 7.68. The Morgan fingerprint density at radius 3 is 2.95 bits per heavy atom. The average Bonchev–Trinajstić information content (AvgIpc) is 2.86. The molecule has 2 aromatic rings. The molecule has 20 heavy (non-hydrogen) atoms. The number of nitrogens with one attached hydrogen (secondary N) is 1. The van der Waals surface area contributed by atoms with Crippen molar-refractivity contribution in [3.63, 3.8) is 0 Å². The molecule has 0 aliphatic carbocycles. The summed E-state index contributed by atoms with van der Waals surface area (Å²) in [6.07, 6.45) is 0. The Hall–Kier alpha value is -1.02. The molecule has 1 N–H and O–H groups in total. The number of hydrogen-bond acceptors (Lipinski definition) is 6. The molecule has 0 amide bonds. The van der Waals surface area contributed by atoms with E-state index >= 15 is 0 Å². The molecule has 2 rings (SSSR count). The summed E-state index contributed by atoms with van der Waals surface area (Å²) in [5.41, 5.74) is 1.05. The van der Waals surface area contributed by atoms with Gasteiger partial charge in [0.05, 0.1) is 6.61 Å². The molecule has 0 fully saturated rings. The van der Waals surface area contributed by atoms with Gasteiger partial charge in [0.2, 0.25) is 0 Å². The van der Waals surface area contributed by atoms with Crippen molar-refractivity contribution in [1.82, 2.24) is 15.5 Å². The fourth-order valence-corrected chi connectivity index (χ4v) is 2.69. The Bertz CT molecular complexity index is 562. The van der Waals surface area contributed by atoms with E-state index in [9.17, 15) is 0 Å². The number of nitrogens with zero attached hydrogens (tertiary/aromatic N) is 2. The maximum atomic E-state index is 5.74. The van der Waals surface area contributed by atoms with Gasteiger partial charge in [-0.2, -0.15) is 0 Å². The van der Waals surface area contributed by atoms with Crippen LogP contribution in [0.2, 0.25) is 0 Å². The van der Waals surface area contributed by atoms with E-state index in [-0.39, 0.29) is 0 Å². The minimum Gasteiger partial charge on any atom is -0.430 e. The SMILES string of the molecule is COCCNCc1nnc(Oc2ccc(Br)cc2C)s1. The number of benzene rings is 1. The van der Waals surface area contributed by atoms with Crippen LogP contribution in [0.25, 0.3) is 0 Å². The molecule has 1 aromatic carbocycles. The highest BCUT2D eigenvalue weighted by molar-refractivity contribution is 9.10. The van der Waals surface area contributed by atoms with Crippen LogP contribution in [-0.2, 0) is 11.3 Å². The fraction of sp³-hybridized carbons (Fsp3) is 0.385. The molecule has 0 unspecified atom stereocenters. The smallest absolute Gasteiger partial charge is 0.299 e. The summed E-state index contributed by atoms with van der Waals surface area (Å²) in [5, 5.41) is 12.8. The van der Waals surface area contributed by atoms with Crippen LogP contribution in [0.4, 0.5) is 0 Å². The lowest BCUT2D eigenvalue weighted by molar-refractivity contribution is 0.199. The minimum absolute atomic E-state index is 0.555. The van der Waals surface area contributed by atoms with E-state index < -0.39 is 0 Å². The van der Waals surface area contributed by atoms with Gasteiger partial charge in [-0.3, -0.25) is 0 Å². The summed E-state index contributed by atoms with van der Waals surface area (Å²) >= 11 is 4.87. The molecule has 0 bridgehead atoms. The molecule has 0 saturated heterocycles. The van der Waals surface area contributed by atoms with Crippen LogP contribution in [0.1, 0.15) is 10.6 Å². The van der Waals surface area contributed by atoms with E-state index in [1.54, 1.807) is 7.11 Å². The first kappa shape index (κ1) is 15.4. The Morgan fingerprint density at radius 2 is 2.20 bits per heavy atom. The molecule has 5 nitrogen and oxygen atoms in total. The van der Waals surface area contributed by atoms with Crippen molar-refractivity contribution in [1.29, 1.82) is 0 Å². The van der Waals surface area contributed by atoms with Gasteiger partial charge in [-0.05, 0) is 30.7 Å². The molecule has 108 valence electrons. The number of rotatable bonds is 7. The van der Waals surface area contributed by atoms with Crippen LogP contribution in [0.15, 0.2) is 22.7 Å². The van der Waals surface area contributed by atoms with Crippen molar-refractivity contribution in [2.75, 3.05) is 20.3 Å².